The lowest BCUT2D eigenvalue weighted by Crippen LogP contribution is -2.30. The van der Waals surface area contributed by atoms with Crippen molar-refractivity contribution in [2.45, 2.75) is 271 Å². The topological polar surface area (TPSA) is 78.9 Å². The van der Waals surface area contributed by atoms with Gasteiger partial charge in [-0.1, -0.05) is 236 Å². The van der Waals surface area contributed by atoms with Gasteiger partial charge in [-0.15, -0.1) is 0 Å². The summed E-state index contributed by atoms with van der Waals surface area (Å²) in [5, 5.41) is 0. The summed E-state index contributed by atoms with van der Waals surface area (Å²) in [5.74, 6) is -0.935. The molecule has 6 heteroatoms. The molecule has 354 valence electrons. The van der Waals surface area contributed by atoms with E-state index in [9.17, 15) is 14.4 Å². The van der Waals surface area contributed by atoms with Crippen LogP contribution >= 0.6 is 0 Å². The van der Waals surface area contributed by atoms with Crippen LogP contribution in [0, 0.1) is 0 Å². The van der Waals surface area contributed by atoms with Crippen molar-refractivity contribution in [3.05, 3.63) is 48.6 Å². The van der Waals surface area contributed by atoms with E-state index in [1.165, 1.54) is 154 Å². The number of allylic oxidation sites excluding steroid dienone is 8. The van der Waals surface area contributed by atoms with Crippen LogP contribution in [0.15, 0.2) is 48.6 Å². The van der Waals surface area contributed by atoms with Crippen LogP contribution in [0.3, 0.4) is 0 Å². The molecule has 61 heavy (non-hydrogen) atoms. The molecule has 0 N–H and O–H groups in total. The molecule has 0 aliphatic heterocycles. The number of carbonyl (C=O) groups excluding carboxylic acids is 3. The molecule has 0 aromatic heterocycles. The molecular weight excluding hydrogens is 757 g/mol. The predicted molar refractivity (Wildman–Crippen MR) is 261 cm³/mol. The second kappa shape index (κ2) is 50.0. The average molecular weight is 855 g/mol. The van der Waals surface area contributed by atoms with Gasteiger partial charge in [0.1, 0.15) is 13.2 Å². The molecule has 0 unspecified atom stereocenters. The minimum atomic E-state index is -0.789. The second-order valence-corrected chi connectivity index (χ2v) is 17.4. The Morgan fingerprint density at radius 3 is 0.984 bits per heavy atom. The van der Waals surface area contributed by atoms with E-state index in [0.717, 1.165) is 64.2 Å². The monoisotopic (exact) mass is 855 g/mol. The molecule has 0 saturated heterocycles. The minimum Gasteiger partial charge on any atom is -0.462 e. The van der Waals surface area contributed by atoms with E-state index in [4.69, 9.17) is 14.2 Å². The van der Waals surface area contributed by atoms with E-state index < -0.39 is 6.10 Å². The van der Waals surface area contributed by atoms with Gasteiger partial charge in [-0.25, -0.2) is 0 Å². The third-order valence-electron chi connectivity index (χ3n) is 11.3. The maximum Gasteiger partial charge on any atom is 0.306 e. The average Bonchev–Trinajstić information content (AvgIpc) is 3.26. The molecule has 0 amide bonds. The van der Waals surface area contributed by atoms with E-state index in [2.05, 4.69) is 69.4 Å². The van der Waals surface area contributed by atoms with Gasteiger partial charge in [0.15, 0.2) is 6.10 Å². The van der Waals surface area contributed by atoms with Gasteiger partial charge < -0.3 is 14.2 Å². The number of rotatable bonds is 47. The van der Waals surface area contributed by atoms with Gasteiger partial charge in [-0.2, -0.15) is 0 Å². The Balaban J connectivity index is 4.43. The Morgan fingerprint density at radius 1 is 0.328 bits per heavy atom. The highest BCUT2D eigenvalue weighted by Gasteiger charge is 2.19. The molecule has 0 heterocycles. The van der Waals surface area contributed by atoms with Crippen LogP contribution in [0.5, 0.6) is 0 Å². The van der Waals surface area contributed by atoms with Gasteiger partial charge in [0, 0.05) is 19.3 Å². The molecule has 0 spiro atoms. The lowest BCUT2D eigenvalue weighted by molar-refractivity contribution is -0.167. The first kappa shape index (κ1) is 58.4. The summed E-state index contributed by atoms with van der Waals surface area (Å²) in [6, 6.07) is 0. The Hall–Kier alpha value is -2.63. The Labute approximate surface area is 378 Å². The fraction of sp³-hybridized carbons (Fsp3) is 0.800. The molecule has 0 bridgehead atoms. The molecule has 0 rings (SSSR count). The van der Waals surface area contributed by atoms with Crippen LogP contribution < -0.4 is 0 Å². The summed E-state index contributed by atoms with van der Waals surface area (Å²) in [5.41, 5.74) is 0. The molecular formula is C55H98O6. The lowest BCUT2D eigenvalue weighted by Gasteiger charge is -2.18. The van der Waals surface area contributed by atoms with Crippen molar-refractivity contribution >= 4 is 17.9 Å². The fourth-order valence-corrected chi connectivity index (χ4v) is 7.38. The highest BCUT2D eigenvalue weighted by Crippen LogP contribution is 2.15. The quantitative estimate of drug-likeness (QED) is 0.0263. The summed E-state index contributed by atoms with van der Waals surface area (Å²) < 4.78 is 16.8. The summed E-state index contributed by atoms with van der Waals surface area (Å²) in [6.07, 6.45) is 59.5. The number of esters is 3. The van der Waals surface area contributed by atoms with Crippen LogP contribution in [0.25, 0.3) is 0 Å². The summed E-state index contributed by atoms with van der Waals surface area (Å²) >= 11 is 0. The van der Waals surface area contributed by atoms with Crippen LogP contribution in [0.1, 0.15) is 265 Å². The van der Waals surface area contributed by atoms with Gasteiger partial charge in [-0.3, -0.25) is 14.4 Å². The molecule has 0 aliphatic carbocycles. The fourth-order valence-electron chi connectivity index (χ4n) is 7.38. The smallest absolute Gasteiger partial charge is 0.306 e. The normalized spacial score (nSPS) is 12.4. The maximum absolute atomic E-state index is 12.8. The van der Waals surface area contributed by atoms with E-state index in [1.54, 1.807) is 0 Å². The number of carbonyl (C=O) groups is 3. The Bertz CT molecular complexity index is 1070. The molecule has 1 atom stereocenters. The van der Waals surface area contributed by atoms with Crippen molar-refractivity contribution in [3.8, 4) is 0 Å². The zero-order valence-electron chi connectivity index (χ0n) is 40.4. The van der Waals surface area contributed by atoms with Gasteiger partial charge in [0.05, 0.1) is 0 Å². The van der Waals surface area contributed by atoms with Gasteiger partial charge in [-0.05, 0) is 57.8 Å². The summed E-state index contributed by atoms with van der Waals surface area (Å²) in [6.45, 7) is 6.58. The molecule has 0 saturated carbocycles. The van der Waals surface area contributed by atoms with Crippen molar-refractivity contribution in [1.82, 2.24) is 0 Å². The van der Waals surface area contributed by atoms with Crippen LogP contribution in [0.2, 0.25) is 0 Å². The lowest BCUT2D eigenvalue weighted by atomic mass is 10.0. The van der Waals surface area contributed by atoms with Crippen molar-refractivity contribution in [2.75, 3.05) is 13.2 Å². The highest BCUT2D eigenvalue weighted by molar-refractivity contribution is 5.71. The standard InChI is InChI=1S/C55H98O6/c1-4-7-10-13-16-19-22-25-26-27-28-31-33-36-39-42-45-48-54(57)60-51-52(61-55(58)49-46-43-40-37-34-30-24-21-18-15-12-9-6-3)50-59-53(56)47-44-41-38-35-32-29-23-20-17-14-11-8-5-2/h16,19,25-26,28,31,36,39,52H,4-15,17-18,20-24,27,29-30,32-35,37-38,40-51H2,1-3H3/b19-16+,26-25+,31-28+,39-36+/t52-/m1/s1. The van der Waals surface area contributed by atoms with Crippen molar-refractivity contribution in [2.24, 2.45) is 0 Å². The third-order valence-corrected chi connectivity index (χ3v) is 11.3. The zero-order valence-corrected chi connectivity index (χ0v) is 40.4. The van der Waals surface area contributed by atoms with E-state index in [-0.39, 0.29) is 37.5 Å². The zero-order chi connectivity index (χ0) is 44.4. The number of hydrogen-bond acceptors (Lipinski definition) is 6. The van der Waals surface area contributed by atoms with E-state index in [1.807, 2.05) is 0 Å². The first-order valence-corrected chi connectivity index (χ1v) is 26.1. The first-order chi connectivity index (χ1) is 30.0. The molecule has 0 aromatic rings. The van der Waals surface area contributed by atoms with Crippen LogP contribution in [0.4, 0.5) is 0 Å². The highest BCUT2D eigenvalue weighted by atomic mass is 16.6. The number of unbranched alkanes of at least 4 members (excludes halogenated alkanes) is 28. The largest absolute Gasteiger partial charge is 0.462 e. The Kier molecular flexibility index (Phi) is 47.9. The van der Waals surface area contributed by atoms with Crippen molar-refractivity contribution < 1.29 is 28.6 Å². The SMILES string of the molecule is CCCCC/C=C/C/C=C/C/C=C/C/C=C/CCCC(=O)OC[C@@H](COC(=O)CCCCCCCCCCCCCCC)OC(=O)CCCCCCCCCCCCCCC. The molecule has 0 fully saturated rings. The summed E-state index contributed by atoms with van der Waals surface area (Å²) in [7, 11) is 0. The second-order valence-electron chi connectivity index (χ2n) is 17.4. The number of hydrogen-bond donors (Lipinski definition) is 0. The first-order valence-electron chi connectivity index (χ1n) is 26.1. The van der Waals surface area contributed by atoms with Crippen LogP contribution in [-0.4, -0.2) is 37.2 Å². The number of ether oxygens (including phenoxy) is 3. The van der Waals surface area contributed by atoms with Gasteiger partial charge >= 0.3 is 17.9 Å². The van der Waals surface area contributed by atoms with Gasteiger partial charge in [0.25, 0.3) is 0 Å². The molecule has 0 aromatic carbocycles. The third kappa shape index (κ3) is 48.3. The maximum atomic E-state index is 12.8. The molecule has 0 aliphatic rings. The van der Waals surface area contributed by atoms with Gasteiger partial charge in [0.2, 0.25) is 0 Å². The molecule has 0 radical (unpaired) electrons. The van der Waals surface area contributed by atoms with Crippen LogP contribution in [-0.2, 0) is 28.6 Å². The molecule has 6 nitrogen and oxygen atoms in total. The predicted octanol–water partition coefficient (Wildman–Crippen LogP) is 17.1. The van der Waals surface area contributed by atoms with Crippen molar-refractivity contribution in [1.29, 1.82) is 0 Å². The van der Waals surface area contributed by atoms with E-state index in [0.29, 0.717) is 19.3 Å². The Morgan fingerprint density at radius 2 is 0.607 bits per heavy atom. The van der Waals surface area contributed by atoms with E-state index >= 15 is 0 Å². The summed E-state index contributed by atoms with van der Waals surface area (Å²) in [4.78, 5) is 37.9. The minimum absolute atomic E-state index is 0.0862. The van der Waals surface area contributed by atoms with Crippen molar-refractivity contribution in [3.63, 3.8) is 0 Å².